The number of ether oxygens (including phenoxy) is 2. The zero-order chi connectivity index (χ0) is 12.8. The molecule has 0 saturated heterocycles. The summed E-state index contributed by atoms with van der Waals surface area (Å²) in [7, 11) is 0. The zero-order valence-electron chi connectivity index (χ0n) is 10.2. The molecule has 0 aliphatic carbocycles. The summed E-state index contributed by atoms with van der Waals surface area (Å²) in [6, 6.07) is 7.34. The van der Waals surface area contributed by atoms with Gasteiger partial charge in [0.25, 0.3) is 5.91 Å². The van der Waals surface area contributed by atoms with Crippen LogP contribution in [0.4, 0.5) is 0 Å². The second-order valence-electron chi connectivity index (χ2n) is 4.15. The maximum absolute atomic E-state index is 11.8. The Bertz CT molecular complexity index is 409. The Morgan fingerprint density at radius 1 is 1.33 bits per heavy atom. The molecule has 5 heteroatoms. The molecular formula is C13H18N2O3. The number of hydrogen-bond acceptors (Lipinski definition) is 4. The van der Waals surface area contributed by atoms with Gasteiger partial charge < -0.3 is 20.5 Å². The maximum atomic E-state index is 11.8. The van der Waals surface area contributed by atoms with Crippen molar-refractivity contribution in [3.63, 3.8) is 0 Å². The third-order valence-electron chi connectivity index (χ3n) is 2.73. The van der Waals surface area contributed by atoms with E-state index in [2.05, 4.69) is 5.32 Å². The van der Waals surface area contributed by atoms with Crippen LogP contribution < -0.4 is 20.5 Å². The highest BCUT2D eigenvalue weighted by atomic mass is 16.6. The molecular weight excluding hydrogens is 232 g/mol. The number of rotatable bonds is 5. The highest BCUT2D eigenvalue weighted by molar-refractivity contribution is 5.81. The average Bonchev–Trinajstić information content (AvgIpc) is 2.43. The van der Waals surface area contributed by atoms with Crippen LogP contribution in [-0.2, 0) is 4.79 Å². The molecule has 98 valence electrons. The molecule has 1 heterocycles. The van der Waals surface area contributed by atoms with Gasteiger partial charge in [0.1, 0.15) is 6.61 Å². The number of unbranched alkanes of at least 4 members (excludes halogenated alkanes) is 1. The molecule has 0 spiro atoms. The lowest BCUT2D eigenvalue weighted by Crippen LogP contribution is -2.44. The monoisotopic (exact) mass is 250 g/mol. The van der Waals surface area contributed by atoms with Crippen molar-refractivity contribution in [2.75, 3.05) is 19.7 Å². The van der Waals surface area contributed by atoms with Gasteiger partial charge in [0.05, 0.1) is 0 Å². The number of carbonyl (C=O) groups excluding carboxylic acids is 1. The van der Waals surface area contributed by atoms with Crippen LogP contribution in [0.5, 0.6) is 11.5 Å². The predicted octanol–water partition coefficient (Wildman–Crippen LogP) is 0.682. The topological polar surface area (TPSA) is 73.6 Å². The van der Waals surface area contributed by atoms with Gasteiger partial charge in [-0.05, 0) is 31.5 Å². The smallest absolute Gasteiger partial charge is 0.264 e. The lowest BCUT2D eigenvalue weighted by Gasteiger charge is -2.25. The third-order valence-corrected chi connectivity index (χ3v) is 2.73. The van der Waals surface area contributed by atoms with Gasteiger partial charge in [-0.2, -0.15) is 0 Å². The van der Waals surface area contributed by atoms with Gasteiger partial charge in [0.2, 0.25) is 6.10 Å². The van der Waals surface area contributed by atoms with Crippen LogP contribution in [0.3, 0.4) is 0 Å². The van der Waals surface area contributed by atoms with Crippen LogP contribution in [0.1, 0.15) is 12.8 Å². The number of benzene rings is 1. The normalized spacial score (nSPS) is 17.3. The van der Waals surface area contributed by atoms with E-state index in [9.17, 15) is 4.79 Å². The van der Waals surface area contributed by atoms with E-state index in [0.29, 0.717) is 24.6 Å². The van der Waals surface area contributed by atoms with Crippen molar-refractivity contribution >= 4 is 5.91 Å². The van der Waals surface area contributed by atoms with E-state index < -0.39 is 6.10 Å². The number of para-hydroxylation sites is 2. The van der Waals surface area contributed by atoms with Crippen molar-refractivity contribution in [1.29, 1.82) is 0 Å². The molecule has 3 N–H and O–H groups in total. The quantitative estimate of drug-likeness (QED) is 0.754. The molecule has 1 aromatic rings. The minimum atomic E-state index is -0.572. The summed E-state index contributed by atoms with van der Waals surface area (Å²) in [6.07, 6.45) is 1.22. The van der Waals surface area contributed by atoms with Crippen LogP contribution in [0.25, 0.3) is 0 Å². The molecule has 0 radical (unpaired) electrons. The molecule has 0 fully saturated rings. The average molecular weight is 250 g/mol. The second kappa shape index (κ2) is 6.26. The summed E-state index contributed by atoms with van der Waals surface area (Å²) in [4.78, 5) is 11.8. The Morgan fingerprint density at radius 3 is 2.89 bits per heavy atom. The van der Waals surface area contributed by atoms with Crippen LogP contribution >= 0.6 is 0 Å². The standard InChI is InChI=1S/C13H18N2O3/c14-7-3-4-8-15-13(16)12-9-17-10-5-1-2-6-11(10)18-12/h1-2,5-6,12H,3-4,7-9,14H2,(H,15,16). The fourth-order valence-electron chi connectivity index (χ4n) is 1.74. The number of fused-ring (bicyclic) bond motifs is 1. The van der Waals surface area contributed by atoms with Gasteiger partial charge in [-0.15, -0.1) is 0 Å². The first kappa shape index (κ1) is 12.7. The van der Waals surface area contributed by atoms with Crippen molar-refractivity contribution in [3.8, 4) is 11.5 Å². The van der Waals surface area contributed by atoms with Crippen LogP contribution in [-0.4, -0.2) is 31.7 Å². The minimum Gasteiger partial charge on any atom is -0.485 e. The SMILES string of the molecule is NCCCCNC(=O)C1COc2ccccc2O1. The number of hydrogen-bond donors (Lipinski definition) is 2. The fourth-order valence-corrected chi connectivity index (χ4v) is 1.74. The van der Waals surface area contributed by atoms with E-state index >= 15 is 0 Å². The van der Waals surface area contributed by atoms with Crippen molar-refractivity contribution in [3.05, 3.63) is 24.3 Å². The summed E-state index contributed by atoms with van der Waals surface area (Å²) in [6.45, 7) is 1.52. The Kier molecular flexibility index (Phi) is 4.41. The van der Waals surface area contributed by atoms with Gasteiger partial charge in [-0.3, -0.25) is 4.79 Å². The predicted molar refractivity (Wildman–Crippen MR) is 67.7 cm³/mol. The lowest BCUT2D eigenvalue weighted by atomic mass is 10.2. The molecule has 1 aliphatic rings. The Labute approximate surface area is 106 Å². The molecule has 1 amide bonds. The first-order valence-corrected chi connectivity index (χ1v) is 6.17. The third kappa shape index (κ3) is 3.13. The van der Waals surface area contributed by atoms with Gasteiger partial charge >= 0.3 is 0 Å². The number of nitrogens with one attached hydrogen (secondary N) is 1. The Balaban J connectivity index is 1.83. The zero-order valence-corrected chi connectivity index (χ0v) is 10.2. The van der Waals surface area contributed by atoms with Gasteiger partial charge in [-0.25, -0.2) is 0 Å². The van der Waals surface area contributed by atoms with Crippen LogP contribution in [0.2, 0.25) is 0 Å². The molecule has 18 heavy (non-hydrogen) atoms. The lowest BCUT2D eigenvalue weighted by molar-refractivity contribution is -0.130. The Morgan fingerprint density at radius 2 is 2.11 bits per heavy atom. The van der Waals surface area contributed by atoms with E-state index in [0.717, 1.165) is 12.8 Å². The molecule has 1 atom stereocenters. The first-order chi connectivity index (χ1) is 8.81. The summed E-state index contributed by atoms with van der Waals surface area (Å²) in [5.74, 6) is 1.16. The molecule has 0 aromatic heterocycles. The van der Waals surface area contributed by atoms with E-state index in [1.54, 1.807) is 6.07 Å². The second-order valence-corrected chi connectivity index (χ2v) is 4.15. The molecule has 1 aromatic carbocycles. The molecule has 5 nitrogen and oxygen atoms in total. The Hall–Kier alpha value is -1.75. The summed E-state index contributed by atoms with van der Waals surface area (Å²) in [5, 5.41) is 2.82. The number of carbonyl (C=O) groups is 1. The largest absolute Gasteiger partial charge is 0.485 e. The number of amides is 1. The molecule has 0 saturated carbocycles. The highest BCUT2D eigenvalue weighted by Crippen LogP contribution is 2.30. The summed E-state index contributed by atoms with van der Waals surface area (Å²) >= 11 is 0. The molecule has 1 unspecified atom stereocenters. The van der Waals surface area contributed by atoms with Crippen molar-refractivity contribution in [2.24, 2.45) is 5.73 Å². The first-order valence-electron chi connectivity index (χ1n) is 6.17. The fraction of sp³-hybridized carbons (Fsp3) is 0.462. The van der Waals surface area contributed by atoms with E-state index in [4.69, 9.17) is 15.2 Å². The minimum absolute atomic E-state index is 0.137. The highest BCUT2D eigenvalue weighted by Gasteiger charge is 2.26. The number of nitrogens with two attached hydrogens (primary N) is 1. The molecule has 0 bridgehead atoms. The maximum Gasteiger partial charge on any atom is 0.264 e. The summed E-state index contributed by atoms with van der Waals surface area (Å²) < 4.78 is 11.1. The van der Waals surface area contributed by atoms with Crippen molar-refractivity contribution in [2.45, 2.75) is 18.9 Å². The van der Waals surface area contributed by atoms with E-state index in [1.165, 1.54) is 0 Å². The van der Waals surface area contributed by atoms with Gasteiger partial charge in [0, 0.05) is 6.54 Å². The van der Waals surface area contributed by atoms with E-state index in [-0.39, 0.29) is 12.5 Å². The summed E-state index contributed by atoms with van der Waals surface area (Å²) in [5.41, 5.74) is 5.38. The van der Waals surface area contributed by atoms with Gasteiger partial charge in [0.15, 0.2) is 11.5 Å². The molecule has 1 aliphatic heterocycles. The van der Waals surface area contributed by atoms with Crippen LogP contribution in [0, 0.1) is 0 Å². The molecule has 2 rings (SSSR count). The van der Waals surface area contributed by atoms with Gasteiger partial charge in [-0.1, -0.05) is 12.1 Å². The van der Waals surface area contributed by atoms with Crippen molar-refractivity contribution < 1.29 is 14.3 Å². The van der Waals surface area contributed by atoms with E-state index in [1.807, 2.05) is 18.2 Å². The van der Waals surface area contributed by atoms with Crippen LogP contribution in [0.15, 0.2) is 24.3 Å². The van der Waals surface area contributed by atoms with Crippen molar-refractivity contribution in [1.82, 2.24) is 5.32 Å².